The van der Waals surface area contributed by atoms with Crippen molar-refractivity contribution in [1.29, 1.82) is 0 Å². The van der Waals surface area contributed by atoms with Gasteiger partial charge in [0, 0.05) is 5.02 Å². The number of halogens is 1. The van der Waals surface area contributed by atoms with Gasteiger partial charge in [0.05, 0.1) is 6.42 Å². The summed E-state index contributed by atoms with van der Waals surface area (Å²) < 4.78 is 5.65. The minimum absolute atomic E-state index is 0.0860. The molecule has 3 aromatic rings. The SMILES string of the molecule is CC(NC(=O)Cc1ccc(Cl)cc1)c1nc2ccccc2o1. The highest BCUT2D eigenvalue weighted by Crippen LogP contribution is 2.19. The molecule has 3 rings (SSSR count). The van der Waals surface area contributed by atoms with Crippen molar-refractivity contribution in [2.24, 2.45) is 0 Å². The minimum atomic E-state index is -0.285. The summed E-state index contributed by atoms with van der Waals surface area (Å²) in [5.74, 6) is 0.419. The molecule has 5 heteroatoms. The number of nitrogens with one attached hydrogen (secondary N) is 1. The molecule has 0 fully saturated rings. The Balaban J connectivity index is 1.66. The smallest absolute Gasteiger partial charge is 0.225 e. The van der Waals surface area contributed by atoms with E-state index in [4.69, 9.17) is 16.0 Å². The van der Waals surface area contributed by atoms with Gasteiger partial charge < -0.3 is 9.73 Å². The lowest BCUT2D eigenvalue weighted by Crippen LogP contribution is -2.28. The van der Waals surface area contributed by atoms with Gasteiger partial charge in [-0.1, -0.05) is 35.9 Å². The maximum Gasteiger partial charge on any atom is 0.225 e. The average Bonchev–Trinajstić information content (AvgIpc) is 2.93. The van der Waals surface area contributed by atoms with Crippen molar-refractivity contribution in [3.8, 4) is 0 Å². The fourth-order valence-corrected chi connectivity index (χ4v) is 2.34. The topological polar surface area (TPSA) is 55.1 Å². The van der Waals surface area contributed by atoms with Gasteiger partial charge in [-0.05, 0) is 36.8 Å². The summed E-state index contributed by atoms with van der Waals surface area (Å²) in [6.07, 6.45) is 0.293. The van der Waals surface area contributed by atoms with Crippen LogP contribution in [0.25, 0.3) is 11.1 Å². The summed E-state index contributed by atoms with van der Waals surface area (Å²) in [6.45, 7) is 1.85. The number of hydrogen-bond acceptors (Lipinski definition) is 3. The van der Waals surface area contributed by atoms with Gasteiger partial charge in [-0.15, -0.1) is 0 Å². The van der Waals surface area contributed by atoms with Crippen LogP contribution in [-0.4, -0.2) is 10.9 Å². The van der Waals surface area contributed by atoms with Crippen LogP contribution < -0.4 is 5.32 Å². The molecular weight excluding hydrogens is 300 g/mol. The van der Waals surface area contributed by atoms with Gasteiger partial charge in [0.25, 0.3) is 0 Å². The van der Waals surface area contributed by atoms with Gasteiger partial charge in [0.1, 0.15) is 11.6 Å². The zero-order valence-corrected chi connectivity index (χ0v) is 12.8. The van der Waals surface area contributed by atoms with E-state index in [0.717, 1.165) is 16.7 Å². The quantitative estimate of drug-likeness (QED) is 0.794. The molecule has 0 spiro atoms. The molecule has 0 aliphatic rings. The van der Waals surface area contributed by atoms with Crippen LogP contribution >= 0.6 is 11.6 Å². The summed E-state index contributed by atoms with van der Waals surface area (Å²) in [6, 6.07) is 14.5. The van der Waals surface area contributed by atoms with E-state index >= 15 is 0 Å². The molecule has 1 heterocycles. The maximum atomic E-state index is 12.1. The summed E-state index contributed by atoms with van der Waals surface area (Å²) in [5, 5.41) is 3.55. The Morgan fingerprint density at radius 3 is 2.68 bits per heavy atom. The van der Waals surface area contributed by atoms with Gasteiger partial charge in [-0.25, -0.2) is 4.98 Å². The Hall–Kier alpha value is -2.33. The van der Waals surface area contributed by atoms with Gasteiger partial charge in [-0.3, -0.25) is 4.79 Å². The third kappa shape index (κ3) is 3.28. The molecule has 0 bridgehead atoms. The Morgan fingerprint density at radius 1 is 1.23 bits per heavy atom. The highest BCUT2D eigenvalue weighted by Gasteiger charge is 2.15. The molecule has 0 saturated carbocycles. The monoisotopic (exact) mass is 314 g/mol. The van der Waals surface area contributed by atoms with Gasteiger partial charge >= 0.3 is 0 Å². The number of fused-ring (bicyclic) bond motifs is 1. The van der Waals surface area contributed by atoms with Crippen LogP contribution in [0.2, 0.25) is 5.02 Å². The average molecular weight is 315 g/mol. The zero-order valence-electron chi connectivity index (χ0n) is 12.0. The minimum Gasteiger partial charge on any atom is -0.438 e. The van der Waals surface area contributed by atoms with E-state index in [0.29, 0.717) is 17.3 Å². The molecule has 0 aliphatic heterocycles. The van der Waals surface area contributed by atoms with Crippen molar-refractivity contribution < 1.29 is 9.21 Å². The van der Waals surface area contributed by atoms with Crippen molar-refractivity contribution in [3.63, 3.8) is 0 Å². The molecule has 2 aromatic carbocycles. The Labute approximate surface area is 133 Å². The van der Waals surface area contributed by atoms with Gasteiger partial charge in [0.2, 0.25) is 11.8 Å². The van der Waals surface area contributed by atoms with Crippen LogP contribution in [0.15, 0.2) is 52.9 Å². The van der Waals surface area contributed by atoms with Crippen LogP contribution in [0.1, 0.15) is 24.4 Å². The number of hydrogen-bond donors (Lipinski definition) is 1. The van der Waals surface area contributed by atoms with Crippen LogP contribution in [0, 0.1) is 0 Å². The molecule has 1 amide bonds. The van der Waals surface area contributed by atoms with E-state index < -0.39 is 0 Å². The highest BCUT2D eigenvalue weighted by atomic mass is 35.5. The number of carbonyl (C=O) groups excluding carboxylic acids is 1. The maximum absolute atomic E-state index is 12.1. The molecule has 0 aliphatic carbocycles. The van der Waals surface area contributed by atoms with E-state index in [-0.39, 0.29) is 11.9 Å². The van der Waals surface area contributed by atoms with Crippen molar-refractivity contribution >= 4 is 28.6 Å². The molecule has 22 heavy (non-hydrogen) atoms. The molecule has 1 unspecified atom stereocenters. The first-order chi connectivity index (χ1) is 10.6. The molecule has 1 aromatic heterocycles. The van der Waals surface area contributed by atoms with Crippen molar-refractivity contribution in [2.75, 3.05) is 0 Å². The molecule has 112 valence electrons. The number of benzene rings is 2. The van der Waals surface area contributed by atoms with Crippen LogP contribution in [-0.2, 0) is 11.2 Å². The molecule has 0 radical (unpaired) electrons. The third-order valence-corrected chi connectivity index (χ3v) is 3.59. The summed E-state index contributed by atoms with van der Waals surface area (Å²) in [5.41, 5.74) is 2.42. The number of para-hydroxylation sites is 2. The summed E-state index contributed by atoms with van der Waals surface area (Å²) >= 11 is 5.83. The number of rotatable bonds is 4. The van der Waals surface area contributed by atoms with Crippen LogP contribution in [0.3, 0.4) is 0 Å². The second-order valence-electron chi connectivity index (χ2n) is 5.11. The fourth-order valence-electron chi connectivity index (χ4n) is 2.22. The molecule has 1 atom stereocenters. The van der Waals surface area contributed by atoms with E-state index in [2.05, 4.69) is 10.3 Å². The summed E-state index contributed by atoms with van der Waals surface area (Å²) in [4.78, 5) is 16.5. The standard InChI is InChI=1S/C17H15ClN2O2/c1-11(17-20-14-4-2-3-5-15(14)22-17)19-16(21)10-12-6-8-13(18)9-7-12/h2-9,11H,10H2,1H3,(H,19,21). The largest absolute Gasteiger partial charge is 0.438 e. The first-order valence-corrected chi connectivity index (χ1v) is 7.39. The predicted molar refractivity (Wildman–Crippen MR) is 85.7 cm³/mol. The zero-order chi connectivity index (χ0) is 15.5. The van der Waals surface area contributed by atoms with Crippen molar-refractivity contribution in [1.82, 2.24) is 10.3 Å². The lowest BCUT2D eigenvalue weighted by atomic mass is 10.1. The number of aromatic nitrogens is 1. The van der Waals surface area contributed by atoms with Gasteiger partial charge in [-0.2, -0.15) is 0 Å². The normalized spacial score (nSPS) is 12.3. The summed E-state index contributed by atoms with van der Waals surface area (Å²) in [7, 11) is 0. The second-order valence-corrected chi connectivity index (χ2v) is 5.55. The lowest BCUT2D eigenvalue weighted by molar-refractivity contribution is -0.121. The van der Waals surface area contributed by atoms with Crippen molar-refractivity contribution in [3.05, 3.63) is 65.0 Å². The molecule has 4 nitrogen and oxygen atoms in total. The first-order valence-electron chi connectivity index (χ1n) is 7.01. The van der Waals surface area contributed by atoms with Crippen LogP contribution in [0.4, 0.5) is 0 Å². The van der Waals surface area contributed by atoms with E-state index in [1.165, 1.54) is 0 Å². The van der Waals surface area contributed by atoms with Crippen molar-refractivity contribution in [2.45, 2.75) is 19.4 Å². The van der Waals surface area contributed by atoms with Gasteiger partial charge in [0.15, 0.2) is 5.58 Å². The Bertz CT molecular complexity index is 763. The van der Waals surface area contributed by atoms with E-state index in [1.54, 1.807) is 12.1 Å². The lowest BCUT2D eigenvalue weighted by Gasteiger charge is -2.10. The number of nitrogens with zero attached hydrogens (tertiary/aromatic N) is 1. The predicted octanol–water partition coefficient (Wildman–Crippen LogP) is 3.90. The third-order valence-electron chi connectivity index (χ3n) is 3.34. The number of oxazole rings is 1. The van der Waals surface area contributed by atoms with Crippen LogP contribution in [0.5, 0.6) is 0 Å². The van der Waals surface area contributed by atoms with E-state index in [9.17, 15) is 4.79 Å². The highest BCUT2D eigenvalue weighted by molar-refractivity contribution is 6.30. The Kier molecular flexibility index (Phi) is 4.11. The first kappa shape index (κ1) is 14.6. The second kappa shape index (κ2) is 6.20. The number of amides is 1. The molecular formula is C17H15ClN2O2. The molecule has 1 N–H and O–H groups in total. The Morgan fingerprint density at radius 2 is 1.95 bits per heavy atom. The number of carbonyl (C=O) groups is 1. The molecule has 0 saturated heterocycles. The fraction of sp³-hybridized carbons (Fsp3) is 0.176. The van der Waals surface area contributed by atoms with E-state index in [1.807, 2.05) is 43.3 Å².